The zero-order valence-corrected chi connectivity index (χ0v) is 14.7. The summed E-state index contributed by atoms with van der Waals surface area (Å²) < 4.78 is 25.8. The number of guanidine groups is 1. The van der Waals surface area contributed by atoms with Crippen molar-refractivity contribution in [2.75, 3.05) is 20.6 Å². The second-order valence-corrected chi connectivity index (χ2v) is 5.54. The summed E-state index contributed by atoms with van der Waals surface area (Å²) >= 11 is 0. The number of rotatable bonds is 5. The minimum Gasteiger partial charge on any atom is -0.355 e. The van der Waals surface area contributed by atoms with Crippen LogP contribution in [0, 0.1) is 5.41 Å². The van der Waals surface area contributed by atoms with Crippen LogP contribution in [-0.4, -0.2) is 37.9 Å². The SMILES string of the molecule is CN(C)C(=NCc1ccccc1)NCC1(C(F)F)CC1.I. The van der Waals surface area contributed by atoms with Gasteiger partial charge in [0.25, 0.3) is 0 Å². The highest BCUT2D eigenvalue weighted by atomic mass is 127. The van der Waals surface area contributed by atoms with Gasteiger partial charge < -0.3 is 10.2 Å². The average molecular weight is 409 g/mol. The zero-order valence-electron chi connectivity index (χ0n) is 12.4. The van der Waals surface area contributed by atoms with Crippen molar-refractivity contribution in [1.29, 1.82) is 0 Å². The molecular weight excluding hydrogens is 387 g/mol. The lowest BCUT2D eigenvalue weighted by Gasteiger charge is -2.21. The van der Waals surface area contributed by atoms with Crippen molar-refractivity contribution < 1.29 is 8.78 Å². The maximum atomic E-state index is 12.9. The molecule has 1 fully saturated rings. The van der Waals surface area contributed by atoms with Crippen molar-refractivity contribution in [2.45, 2.75) is 25.8 Å². The van der Waals surface area contributed by atoms with Gasteiger partial charge in [-0.05, 0) is 18.4 Å². The van der Waals surface area contributed by atoms with E-state index in [1.165, 1.54) is 0 Å². The van der Waals surface area contributed by atoms with E-state index >= 15 is 0 Å². The molecule has 2 rings (SSSR count). The number of halogens is 3. The predicted octanol–water partition coefficient (Wildman–Crippen LogP) is 3.36. The molecule has 0 saturated heterocycles. The Bertz CT molecular complexity index is 459. The first kappa shape index (κ1) is 18.1. The molecule has 1 N–H and O–H groups in total. The summed E-state index contributed by atoms with van der Waals surface area (Å²) in [6.07, 6.45) is -1.07. The number of nitrogens with zero attached hydrogens (tertiary/aromatic N) is 2. The standard InChI is InChI=1S/C15H21F2N3.HI/c1-20(2)14(18-10-12-6-4-3-5-7-12)19-11-15(8-9-15)13(16)17;/h3-7,13H,8-11H2,1-2H3,(H,18,19);1H. The van der Waals surface area contributed by atoms with Gasteiger partial charge in [0.05, 0.1) is 6.54 Å². The van der Waals surface area contributed by atoms with Gasteiger partial charge in [-0.2, -0.15) is 0 Å². The second kappa shape index (κ2) is 7.91. The van der Waals surface area contributed by atoms with E-state index in [1.807, 2.05) is 49.3 Å². The molecule has 21 heavy (non-hydrogen) atoms. The van der Waals surface area contributed by atoms with Crippen LogP contribution in [0.25, 0.3) is 0 Å². The van der Waals surface area contributed by atoms with Gasteiger partial charge in [-0.15, -0.1) is 24.0 Å². The van der Waals surface area contributed by atoms with Crippen LogP contribution in [0.3, 0.4) is 0 Å². The van der Waals surface area contributed by atoms with Gasteiger partial charge in [-0.25, -0.2) is 13.8 Å². The molecule has 1 aromatic carbocycles. The largest absolute Gasteiger partial charge is 0.355 e. The Balaban J connectivity index is 0.00000220. The van der Waals surface area contributed by atoms with Gasteiger partial charge in [0.2, 0.25) is 6.43 Å². The minimum atomic E-state index is -2.26. The van der Waals surface area contributed by atoms with E-state index in [0.717, 1.165) is 5.56 Å². The Labute approximate surface area is 141 Å². The molecule has 0 heterocycles. The molecule has 0 spiro atoms. The Kier molecular flexibility index (Phi) is 6.83. The fourth-order valence-corrected chi connectivity index (χ4v) is 1.99. The molecule has 1 aliphatic rings. The topological polar surface area (TPSA) is 27.6 Å². The van der Waals surface area contributed by atoms with Gasteiger partial charge in [0.15, 0.2) is 5.96 Å². The zero-order chi connectivity index (χ0) is 14.6. The van der Waals surface area contributed by atoms with Gasteiger partial charge in [-0.3, -0.25) is 0 Å². The summed E-state index contributed by atoms with van der Waals surface area (Å²) in [7, 11) is 3.72. The molecule has 0 aromatic heterocycles. The number of hydrogen-bond donors (Lipinski definition) is 1. The average Bonchev–Trinajstić information content (AvgIpc) is 3.20. The monoisotopic (exact) mass is 409 g/mol. The van der Waals surface area contributed by atoms with Gasteiger partial charge in [0, 0.05) is 26.1 Å². The first-order chi connectivity index (χ1) is 9.53. The van der Waals surface area contributed by atoms with Crippen molar-refractivity contribution in [3.63, 3.8) is 0 Å². The van der Waals surface area contributed by atoms with Crippen molar-refractivity contribution in [3.8, 4) is 0 Å². The summed E-state index contributed by atoms with van der Waals surface area (Å²) in [5.41, 5.74) is 0.271. The molecule has 0 radical (unpaired) electrons. The first-order valence-corrected chi connectivity index (χ1v) is 6.81. The molecule has 0 atom stereocenters. The summed E-state index contributed by atoms with van der Waals surface area (Å²) in [6.45, 7) is 0.833. The molecule has 0 aliphatic heterocycles. The molecule has 3 nitrogen and oxygen atoms in total. The third-order valence-corrected chi connectivity index (χ3v) is 3.63. The molecule has 0 unspecified atom stereocenters. The lowest BCUT2D eigenvalue weighted by atomic mass is 10.1. The Morgan fingerprint density at radius 2 is 1.90 bits per heavy atom. The molecule has 118 valence electrons. The van der Waals surface area contributed by atoms with Crippen molar-refractivity contribution in [1.82, 2.24) is 10.2 Å². The van der Waals surface area contributed by atoms with Crippen LogP contribution >= 0.6 is 24.0 Å². The number of alkyl halides is 2. The van der Waals surface area contributed by atoms with Crippen molar-refractivity contribution in [2.24, 2.45) is 10.4 Å². The Morgan fingerprint density at radius 1 is 1.29 bits per heavy atom. The normalized spacial score (nSPS) is 16.3. The fourth-order valence-electron chi connectivity index (χ4n) is 1.99. The van der Waals surface area contributed by atoms with Gasteiger partial charge in [-0.1, -0.05) is 30.3 Å². The predicted molar refractivity (Wildman–Crippen MR) is 92.4 cm³/mol. The molecule has 0 bridgehead atoms. The lowest BCUT2D eigenvalue weighted by Crippen LogP contribution is -2.41. The number of benzene rings is 1. The Morgan fingerprint density at radius 3 is 2.38 bits per heavy atom. The van der Waals surface area contributed by atoms with E-state index in [1.54, 1.807) is 0 Å². The minimum absolute atomic E-state index is 0. The molecule has 1 aromatic rings. The summed E-state index contributed by atoms with van der Waals surface area (Å²) in [6, 6.07) is 9.88. The van der Waals surface area contributed by atoms with E-state index in [0.29, 0.717) is 25.3 Å². The first-order valence-electron chi connectivity index (χ1n) is 6.81. The van der Waals surface area contributed by atoms with Gasteiger partial charge in [0.1, 0.15) is 0 Å². The van der Waals surface area contributed by atoms with Crippen LogP contribution in [0.4, 0.5) is 8.78 Å². The number of aliphatic imine (C=N–C) groups is 1. The summed E-state index contributed by atoms with van der Waals surface area (Å²) in [4.78, 5) is 6.29. The Hall–Kier alpha value is -0.920. The third kappa shape index (κ3) is 5.09. The van der Waals surface area contributed by atoms with Crippen LogP contribution in [0.2, 0.25) is 0 Å². The lowest BCUT2D eigenvalue weighted by molar-refractivity contribution is 0.0636. The van der Waals surface area contributed by atoms with E-state index < -0.39 is 11.8 Å². The van der Waals surface area contributed by atoms with Crippen LogP contribution in [0.1, 0.15) is 18.4 Å². The van der Waals surface area contributed by atoms with Crippen molar-refractivity contribution in [3.05, 3.63) is 35.9 Å². The quantitative estimate of drug-likeness (QED) is 0.459. The summed E-state index contributed by atoms with van der Waals surface area (Å²) in [5, 5.41) is 3.07. The highest BCUT2D eigenvalue weighted by molar-refractivity contribution is 14.0. The highest BCUT2D eigenvalue weighted by Gasteiger charge is 2.50. The molecular formula is C15H22F2IN3. The van der Waals surface area contributed by atoms with Gasteiger partial charge >= 0.3 is 0 Å². The molecule has 1 saturated carbocycles. The van der Waals surface area contributed by atoms with E-state index in [9.17, 15) is 8.78 Å². The van der Waals surface area contributed by atoms with E-state index in [4.69, 9.17) is 0 Å². The van der Waals surface area contributed by atoms with E-state index in [-0.39, 0.29) is 30.5 Å². The maximum Gasteiger partial charge on any atom is 0.245 e. The van der Waals surface area contributed by atoms with Crippen molar-refractivity contribution >= 4 is 29.9 Å². The molecule has 6 heteroatoms. The smallest absolute Gasteiger partial charge is 0.245 e. The third-order valence-electron chi connectivity index (χ3n) is 3.63. The molecule has 1 aliphatic carbocycles. The molecule has 0 amide bonds. The summed E-state index contributed by atoms with van der Waals surface area (Å²) in [5.74, 6) is 0.653. The number of nitrogens with one attached hydrogen (secondary N) is 1. The van der Waals surface area contributed by atoms with Crippen LogP contribution in [0.5, 0.6) is 0 Å². The maximum absolute atomic E-state index is 12.9. The highest BCUT2D eigenvalue weighted by Crippen LogP contribution is 2.50. The van der Waals surface area contributed by atoms with E-state index in [2.05, 4.69) is 10.3 Å². The van der Waals surface area contributed by atoms with Crippen LogP contribution < -0.4 is 5.32 Å². The van der Waals surface area contributed by atoms with Crippen LogP contribution in [0.15, 0.2) is 35.3 Å². The second-order valence-electron chi connectivity index (χ2n) is 5.54. The number of hydrogen-bond acceptors (Lipinski definition) is 1. The van der Waals surface area contributed by atoms with Crippen LogP contribution in [-0.2, 0) is 6.54 Å². The fraction of sp³-hybridized carbons (Fsp3) is 0.533.